The number of tetrazole rings is 1. The average Bonchev–Trinajstić information content (AvgIpc) is 3.12. The molecule has 2 aliphatic rings. The van der Waals surface area contributed by atoms with Gasteiger partial charge in [-0.3, -0.25) is 4.79 Å². The van der Waals surface area contributed by atoms with Crippen LogP contribution in [0.2, 0.25) is 0 Å². The molecule has 0 spiro atoms. The third-order valence-corrected chi connectivity index (χ3v) is 7.51. The van der Waals surface area contributed by atoms with Gasteiger partial charge in [0.15, 0.2) is 9.84 Å². The van der Waals surface area contributed by atoms with E-state index in [9.17, 15) is 13.2 Å². The van der Waals surface area contributed by atoms with Crippen molar-refractivity contribution in [3.63, 3.8) is 0 Å². The molecule has 2 heterocycles. The molecule has 1 saturated carbocycles. The number of thioether (sulfide) groups is 1. The molecule has 24 heavy (non-hydrogen) atoms. The number of amides is 1. The predicted octanol–water partition coefficient (Wildman–Crippen LogP) is 0.651. The third-order valence-electron chi connectivity index (χ3n) is 4.76. The van der Waals surface area contributed by atoms with E-state index >= 15 is 0 Å². The van der Waals surface area contributed by atoms with Crippen LogP contribution in [-0.2, 0) is 21.7 Å². The summed E-state index contributed by atoms with van der Waals surface area (Å²) in [5.41, 5.74) is 0. The molecule has 134 valence electrons. The van der Waals surface area contributed by atoms with Crippen LogP contribution in [0.5, 0.6) is 0 Å². The van der Waals surface area contributed by atoms with Crippen molar-refractivity contribution in [1.82, 2.24) is 25.1 Å². The molecular formula is C14H23N5O3S2. The number of nitrogens with zero attached hydrogens (tertiary/aromatic N) is 5. The fraction of sp³-hybridized carbons (Fsp3) is 0.857. The molecule has 0 unspecified atom stereocenters. The van der Waals surface area contributed by atoms with Crippen LogP contribution in [0.25, 0.3) is 0 Å². The number of rotatable bonds is 5. The highest BCUT2D eigenvalue weighted by Gasteiger charge is 2.38. The van der Waals surface area contributed by atoms with Crippen LogP contribution < -0.4 is 0 Å². The van der Waals surface area contributed by atoms with E-state index in [0.29, 0.717) is 11.6 Å². The van der Waals surface area contributed by atoms with Crippen LogP contribution in [0, 0.1) is 0 Å². The second kappa shape index (κ2) is 7.38. The van der Waals surface area contributed by atoms with Gasteiger partial charge in [0, 0.05) is 19.1 Å². The smallest absolute Gasteiger partial charge is 0.233 e. The summed E-state index contributed by atoms with van der Waals surface area (Å²) in [5.74, 6) is 0.526. The molecule has 1 saturated heterocycles. The molecule has 1 aromatic heterocycles. The molecule has 8 nitrogen and oxygen atoms in total. The lowest BCUT2D eigenvalue weighted by Crippen LogP contribution is -2.49. The van der Waals surface area contributed by atoms with Gasteiger partial charge in [-0.1, -0.05) is 31.0 Å². The fourth-order valence-corrected chi connectivity index (χ4v) is 6.03. The Kier molecular flexibility index (Phi) is 5.43. The van der Waals surface area contributed by atoms with E-state index in [0.717, 1.165) is 25.7 Å². The second-order valence-electron chi connectivity index (χ2n) is 6.52. The van der Waals surface area contributed by atoms with E-state index in [4.69, 9.17) is 0 Å². The van der Waals surface area contributed by atoms with Crippen LogP contribution >= 0.6 is 11.8 Å². The molecule has 1 aromatic rings. The Hall–Kier alpha value is -1.16. The maximum atomic E-state index is 12.9. The number of hydrogen-bond acceptors (Lipinski definition) is 7. The summed E-state index contributed by atoms with van der Waals surface area (Å²) in [6, 6.07) is -0.00778. The summed E-state index contributed by atoms with van der Waals surface area (Å²) < 4.78 is 25.3. The van der Waals surface area contributed by atoms with Gasteiger partial charge in [-0.2, -0.15) is 0 Å². The van der Waals surface area contributed by atoms with Crippen LogP contribution in [0.3, 0.4) is 0 Å². The van der Waals surface area contributed by atoms with Gasteiger partial charge in [-0.25, -0.2) is 13.1 Å². The third kappa shape index (κ3) is 4.08. The number of aryl methyl sites for hydroxylation is 1. The van der Waals surface area contributed by atoms with Gasteiger partial charge in [-0.05, 0) is 29.7 Å². The minimum Gasteiger partial charge on any atom is -0.335 e. The summed E-state index contributed by atoms with van der Waals surface area (Å²) >= 11 is 1.30. The minimum atomic E-state index is -3.01. The Bertz CT molecular complexity index is 684. The van der Waals surface area contributed by atoms with Crippen molar-refractivity contribution in [3.05, 3.63) is 0 Å². The van der Waals surface area contributed by atoms with Gasteiger partial charge in [-0.15, -0.1) is 5.10 Å². The monoisotopic (exact) mass is 373 g/mol. The standard InChI is InChI=1S/C14H23N5O3S2/c1-18-14(15-16-17-18)23-9-13(20)19(11-5-3-2-4-6-11)12-7-8-24(21,22)10-12/h11-12H,2-10H2,1H3/t12-/m0/s1. The van der Waals surface area contributed by atoms with Gasteiger partial charge in [0.25, 0.3) is 0 Å². The molecule has 0 bridgehead atoms. The van der Waals surface area contributed by atoms with Crippen molar-refractivity contribution >= 4 is 27.5 Å². The summed E-state index contributed by atoms with van der Waals surface area (Å²) in [6.45, 7) is 0. The highest BCUT2D eigenvalue weighted by atomic mass is 32.2. The summed E-state index contributed by atoms with van der Waals surface area (Å²) in [5, 5.41) is 11.8. The predicted molar refractivity (Wildman–Crippen MR) is 90.3 cm³/mol. The number of carbonyl (C=O) groups is 1. The first-order chi connectivity index (χ1) is 11.5. The Morgan fingerprint density at radius 1 is 1.25 bits per heavy atom. The van der Waals surface area contributed by atoms with Crippen LogP contribution in [-0.4, -0.2) is 68.8 Å². The molecule has 10 heteroatoms. The zero-order chi connectivity index (χ0) is 17.2. The fourth-order valence-electron chi connectivity index (χ4n) is 3.60. The zero-order valence-corrected chi connectivity index (χ0v) is 15.4. The van der Waals surface area contributed by atoms with Gasteiger partial charge < -0.3 is 4.90 Å². The van der Waals surface area contributed by atoms with Gasteiger partial charge in [0.2, 0.25) is 11.1 Å². The first-order valence-corrected chi connectivity index (χ1v) is 11.1. The van der Waals surface area contributed by atoms with E-state index in [2.05, 4.69) is 15.5 Å². The Morgan fingerprint density at radius 2 is 2.00 bits per heavy atom. The number of sulfone groups is 1. The summed E-state index contributed by atoms with van der Waals surface area (Å²) in [7, 11) is -1.28. The van der Waals surface area contributed by atoms with Gasteiger partial charge >= 0.3 is 0 Å². The van der Waals surface area contributed by atoms with Crippen molar-refractivity contribution in [2.24, 2.45) is 7.05 Å². The largest absolute Gasteiger partial charge is 0.335 e. The van der Waals surface area contributed by atoms with Gasteiger partial charge in [0.05, 0.1) is 17.3 Å². The number of aromatic nitrogens is 4. The number of carbonyl (C=O) groups excluding carboxylic acids is 1. The second-order valence-corrected chi connectivity index (χ2v) is 9.69. The van der Waals surface area contributed by atoms with E-state index in [1.807, 2.05) is 4.90 Å². The van der Waals surface area contributed by atoms with Crippen molar-refractivity contribution in [2.45, 2.75) is 55.8 Å². The summed E-state index contributed by atoms with van der Waals surface area (Å²) in [4.78, 5) is 14.8. The minimum absolute atomic E-state index is 0.00278. The Morgan fingerprint density at radius 3 is 2.58 bits per heavy atom. The van der Waals surface area contributed by atoms with E-state index in [1.165, 1.54) is 22.9 Å². The highest BCUT2D eigenvalue weighted by Crippen LogP contribution is 2.29. The highest BCUT2D eigenvalue weighted by molar-refractivity contribution is 7.99. The first kappa shape index (κ1) is 17.7. The molecule has 0 aromatic carbocycles. The molecule has 2 fully saturated rings. The lowest BCUT2D eigenvalue weighted by atomic mass is 9.93. The Labute approximate surface area is 146 Å². The molecule has 1 aliphatic carbocycles. The zero-order valence-electron chi connectivity index (χ0n) is 13.8. The Balaban J connectivity index is 1.71. The maximum absolute atomic E-state index is 12.9. The average molecular weight is 374 g/mol. The molecule has 1 atom stereocenters. The van der Waals surface area contributed by atoms with E-state index in [-0.39, 0.29) is 35.2 Å². The van der Waals surface area contributed by atoms with Crippen LogP contribution in [0.1, 0.15) is 38.5 Å². The van der Waals surface area contributed by atoms with Crippen molar-refractivity contribution in [3.8, 4) is 0 Å². The molecule has 0 N–H and O–H groups in total. The molecule has 3 rings (SSSR count). The summed E-state index contributed by atoms with van der Waals surface area (Å²) in [6.07, 6.45) is 5.90. The van der Waals surface area contributed by atoms with Gasteiger partial charge in [0.1, 0.15) is 0 Å². The molecule has 0 radical (unpaired) electrons. The van der Waals surface area contributed by atoms with E-state index < -0.39 is 9.84 Å². The van der Waals surface area contributed by atoms with E-state index in [1.54, 1.807) is 7.05 Å². The lowest BCUT2D eigenvalue weighted by molar-refractivity contribution is -0.133. The molecule has 1 aliphatic heterocycles. The van der Waals surface area contributed by atoms with Crippen molar-refractivity contribution in [1.29, 1.82) is 0 Å². The number of hydrogen-bond donors (Lipinski definition) is 0. The first-order valence-electron chi connectivity index (χ1n) is 8.33. The van der Waals surface area contributed by atoms with Crippen molar-refractivity contribution < 1.29 is 13.2 Å². The molecule has 1 amide bonds. The normalized spacial score (nSPS) is 24.1. The maximum Gasteiger partial charge on any atom is 0.233 e. The van der Waals surface area contributed by atoms with Crippen molar-refractivity contribution in [2.75, 3.05) is 17.3 Å². The lowest BCUT2D eigenvalue weighted by Gasteiger charge is -2.38. The van der Waals surface area contributed by atoms with Crippen LogP contribution in [0.4, 0.5) is 0 Å². The SMILES string of the molecule is Cn1nnnc1SCC(=O)N(C1CCCCC1)[C@H]1CCS(=O)(=O)C1. The van der Waals surface area contributed by atoms with Crippen LogP contribution in [0.15, 0.2) is 5.16 Å². The topological polar surface area (TPSA) is 98.1 Å². The molecular weight excluding hydrogens is 350 g/mol. The quantitative estimate of drug-likeness (QED) is 0.699.